The van der Waals surface area contributed by atoms with Crippen LogP contribution in [0.2, 0.25) is 0 Å². The molecule has 0 aliphatic carbocycles. The fraction of sp³-hybridized carbons (Fsp3) is 0.474. The average Bonchev–Trinajstić information content (AvgIpc) is 3.26. The molecule has 1 aromatic carbocycles. The van der Waals surface area contributed by atoms with Crippen LogP contribution >= 0.6 is 0 Å². The van der Waals surface area contributed by atoms with E-state index in [4.69, 9.17) is 9.26 Å². The second kappa shape index (κ2) is 8.27. The SMILES string of the molecule is Cc1cc(NC(=O)[C@H](C)N[C@@H](C[C@H]2CCOC2)c2ccccc2)on1. The molecule has 2 N–H and O–H groups in total. The van der Waals surface area contributed by atoms with Crippen molar-refractivity contribution in [2.24, 2.45) is 5.92 Å². The molecule has 1 aliphatic heterocycles. The van der Waals surface area contributed by atoms with E-state index in [0.29, 0.717) is 11.8 Å². The van der Waals surface area contributed by atoms with Crippen molar-refractivity contribution in [3.05, 3.63) is 47.7 Å². The predicted octanol–water partition coefficient (Wildman–Crippen LogP) is 3.07. The van der Waals surface area contributed by atoms with Crippen molar-refractivity contribution < 1.29 is 14.1 Å². The number of benzene rings is 1. The number of hydrogen-bond donors (Lipinski definition) is 2. The van der Waals surface area contributed by atoms with Crippen LogP contribution in [-0.4, -0.2) is 30.3 Å². The molecule has 3 rings (SSSR count). The minimum Gasteiger partial charge on any atom is -0.381 e. The van der Waals surface area contributed by atoms with Crippen molar-refractivity contribution in [3.63, 3.8) is 0 Å². The normalized spacial score (nSPS) is 19.5. The molecule has 0 radical (unpaired) electrons. The molecule has 134 valence electrons. The molecular formula is C19H25N3O3. The number of carbonyl (C=O) groups excluding carboxylic acids is 1. The maximum atomic E-state index is 12.4. The zero-order valence-electron chi connectivity index (χ0n) is 14.7. The Morgan fingerprint density at radius 2 is 2.16 bits per heavy atom. The van der Waals surface area contributed by atoms with Gasteiger partial charge in [-0.15, -0.1) is 0 Å². The van der Waals surface area contributed by atoms with Gasteiger partial charge in [0, 0.05) is 25.3 Å². The molecule has 1 aromatic heterocycles. The van der Waals surface area contributed by atoms with E-state index in [1.54, 1.807) is 6.07 Å². The summed E-state index contributed by atoms with van der Waals surface area (Å²) in [5, 5.41) is 10.00. The Kier molecular flexibility index (Phi) is 5.83. The highest BCUT2D eigenvalue weighted by molar-refractivity contribution is 5.93. The van der Waals surface area contributed by atoms with Crippen LogP contribution in [0.25, 0.3) is 0 Å². The summed E-state index contributed by atoms with van der Waals surface area (Å²) in [5.41, 5.74) is 1.92. The summed E-state index contributed by atoms with van der Waals surface area (Å²) in [7, 11) is 0. The number of nitrogens with zero attached hydrogens (tertiary/aromatic N) is 1. The van der Waals surface area contributed by atoms with Gasteiger partial charge in [-0.3, -0.25) is 15.4 Å². The van der Waals surface area contributed by atoms with Crippen LogP contribution in [-0.2, 0) is 9.53 Å². The number of amides is 1. The molecule has 3 atom stereocenters. The third-order valence-electron chi connectivity index (χ3n) is 4.51. The van der Waals surface area contributed by atoms with E-state index >= 15 is 0 Å². The lowest BCUT2D eigenvalue weighted by Crippen LogP contribution is -2.40. The first-order valence-electron chi connectivity index (χ1n) is 8.74. The monoisotopic (exact) mass is 343 g/mol. The summed E-state index contributed by atoms with van der Waals surface area (Å²) in [6.07, 6.45) is 2.02. The Bertz CT molecular complexity index is 680. The molecule has 1 saturated heterocycles. The Morgan fingerprint density at radius 1 is 1.36 bits per heavy atom. The molecule has 2 heterocycles. The lowest BCUT2D eigenvalue weighted by Gasteiger charge is -2.25. The molecule has 1 amide bonds. The second-order valence-corrected chi connectivity index (χ2v) is 6.64. The Balaban J connectivity index is 1.64. The molecule has 6 heteroatoms. The van der Waals surface area contributed by atoms with Gasteiger partial charge in [-0.05, 0) is 38.2 Å². The van der Waals surface area contributed by atoms with Crippen LogP contribution < -0.4 is 10.6 Å². The van der Waals surface area contributed by atoms with Gasteiger partial charge in [-0.1, -0.05) is 35.5 Å². The quantitative estimate of drug-likeness (QED) is 0.808. The largest absolute Gasteiger partial charge is 0.381 e. The lowest BCUT2D eigenvalue weighted by molar-refractivity contribution is -0.118. The zero-order valence-corrected chi connectivity index (χ0v) is 14.7. The minimum atomic E-state index is -0.363. The van der Waals surface area contributed by atoms with Crippen LogP contribution in [0.5, 0.6) is 0 Å². The number of ether oxygens (including phenoxy) is 1. The molecular weight excluding hydrogens is 318 g/mol. The Labute approximate surface area is 147 Å². The summed E-state index contributed by atoms with van der Waals surface area (Å²) < 4.78 is 10.6. The van der Waals surface area contributed by atoms with Crippen LogP contribution in [0.4, 0.5) is 5.88 Å². The Morgan fingerprint density at radius 3 is 2.80 bits per heavy atom. The Hall–Kier alpha value is -2.18. The molecule has 1 aliphatic rings. The van der Waals surface area contributed by atoms with Crippen LogP contribution in [0.3, 0.4) is 0 Å². The molecule has 6 nitrogen and oxygen atoms in total. The number of carbonyl (C=O) groups is 1. The topological polar surface area (TPSA) is 76.4 Å². The van der Waals surface area contributed by atoms with Crippen molar-refractivity contribution in [3.8, 4) is 0 Å². The third kappa shape index (κ3) is 4.90. The molecule has 1 fully saturated rings. The van der Waals surface area contributed by atoms with Gasteiger partial charge < -0.3 is 9.26 Å². The minimum absolute atomic E-state index is 0.102. The first-order chi connectivity index (χ1) is 12.1. The first-order valence-corrected chi connectivity index (χ1v) is 8.74. The number of aromatic nitrogens is 1. The van der Waals surface area contributed by atoms with Crippen molar-refractivity contribution in [2.45, 2.75) is 38.8 Å². The highest BCUT2D eigenvalue weighted by Crippen LogP contribution is 2.27. The van der Waals surface area contributed by atoms with Gasteiger partial charge in [0.25, 0.3) is 0 Å². The van der Waals surface area contributed by atoms with Crippen molar-refractivity contribution in [2.75, 3.05) is 18.5 Å². The summed E-state index contributed by atoms with van der Waals surface area (Å²) in [6.45, 7) is 5.30. The molecule has 0 unspecified atom stereocenters. The number of nitrogens with one attached hydrogen (secondary N) is 2. The van der Waals surface area contributed by atoms with E-state index in [-0.39, 0.29) is 18.0 Å². The molecule has 0 saturated carbocycles. The lowest BCUT2D eigenvalue weighted by atomic mass is 9.93. The van der Waals surface area contributed by atoms with Gasteiger partial charge >= 0.3 is 0 Å². The summed E-state index contributed by atoms with van der Waals surface area (Å²) in [5.74, 6) is 0.751. The summed E-state index contributed by atoms with van der Waals surface area (Å²) in [4.78, 5) is 12.4. The van der Waals surface area contributed by atoms with Crippen molar-refractivity contribution in [1.82, 2.24) is 10.5 Å². The van der Waals surface area contributed by atoms with Crippen molar-refractivity contribution in [1.29, 1.82) is 0 Å². The van der Waals surface area contributed by atoms with E-state index in [9.17, 15) is 4.79 Å². The van der Waals surface area contributed by atoms with Crippen molar-refractivity contribution >= 4 is 11.8 Å². The zero-order chi connectivity index (χ0) is 17.6. The maximum Gasteiger partial charge on any atom is 0.243 e. The van der Waals surface area contributed by atoms with E-state index in [1.807, 2.05) is 32.0 Å². The number of hydrogen-bond acceptors (Lipinski definition) is 5. The van der Waals surface area contributed by atoms with E-state index in [1.165, 1.54) is 5.56 Å². The number of aryl methyl sites for hydroxylation is 1. The molecule has 0 spiro atoms. The number of rotatable bonds is 7. The predicted molar refractivity (Wildman–Crippen MR) is 95.2 cm³/mol. The van der Waals surface area contributed by atoms with E-state index in [2.05, 4.69) is 27.9 Å². The highest BCUT2D eigenvalue weighted by Gasteiger charge is 2.25. The fourth-order valence-electron chi connectivity index (χ4n) is 3.12. The third-order valence-corrected chi connectivity index (χ3v) is 4.51. The van der Waals surface area contributed by atoms with Gasteiger partial charge in [0.2, 0.25) is 11.8 Å². The van der Waals surface area contributed by atoms with Gasteiger partial charge in [0.15, 0.2) is 0 Å². The number of anilines is 1. The standard InChI is InChI=1S/C19H25N3O3/c1-13-10-18(25-22-13)21-19(23)14(2)20-17(11-15-8-9-24-12-15)16-6-4-3-5-7-16/h3-7,10,14-15,17,20H,8-9,11-12H2,1-2H3,(H,21,23)/t14-,15+,17-/m0/s1. The van der Waals surface area contributed by atoms with Gasteiger partial charge in [0.05, 0.1) is 11.7 Å². The van der Waals surface area contributed by atoms with E-state index in [0.717, 1.165) is 31.7 Å². The molecule has 0 bridgehead atoms. The van der Waals surface area contributed by atoms with Gasteiger partial charge in [0.1, 0.15) is 0 Å². The average molecular weight is 343 g/mol. The maximum absolute atomic E-state index is 12.4. The van der Waals surface area contributed by atoms with Crippen LogP contribution in [0, 0.1) is 12.8 Å². The van der Waals surface area contributed by atoms with E-state index < -0.39 is 0 Å². The van der Waals surface area contributed by atoms with Crippen LogP contribution in [0.1, 0.15) is 37.1 Å². The van der Waals surface area contributed by atoms with Gasteiger partial charge in [-0.25, -0.2) is 0 Å². The molecule has 25 heavy (non-hydrogen) atoms. The van der Waals surface area contributed by atoms with Gasteiger partial charge in [-0.2, -0.15) is 0 Å². The summed E-state index contributed by atoms with van der Waals surface area (Å²) >= 11 is 0. The fourth-order valence-corrected chi connectivity index (χ4v) is 3.12. The second-order valence-electron chi connectivity index (χ2n) is 6.64. The smallest absolute Gasteiger partial charge is 0.243 e. The molecule has 2 aromatic rings. The first kappa shape index (κ1) is 17.6. The van der Waals surface area contributed by atoms with Crippen LogP contribution in [0.15, 0.2) is 40.9 Å². The highest BCUT2D eigenvalue weighted by atomic mass is 16.5. The summed E-state index contributed by atoms with van der Waals surface area (Å²) in [6, 6.07) is 11.7.